The molecule has 27 heavy (non-hydrogen) atoms. The minimum Gasteiger partial charge on any atom is -0.504 e. The van der Waals surface area contributed by atoms with Gasteiger partial charge in [0.1, 0.15) is 5.92 Å². The van der Waals surface area contributed by atoms with Gasteiger partial charge in [-0.15, -0.1) is 11.3 Å². The van der Waals surface area contributed by atoms with E-state index in [1.807, 2.05) is 18.2 Å². The summed E-state index contributed by atoms with van der Waals surface area (Å²) >= 11 is 7.23. The Balaban J connectivity index is 1.70. The van der Waals surface area contributed by atoms with Gasteiger partial charge in [0.25, 0.3) is 0 Å². The maximum Gasteiger partial charge on any atom is 0.243 e. The number of hydrogen-bond donors (Lipinski definition) is 3. The van der Waals surface area contributed by atoms with Gasteiger partial charge in [0, 0.05) is 16.0 Å². The van der Waals surface area contributed by atoms with E-state index >= 15 is 0 Å². The summed E-state index contributed by atoms with van der Waals surface area (Å²) < 4.78 is 0. The number of rotatable bonds is 5. The highest BCUT2D eigenvalue weighted by molar-refractivity contribution is 7.14. The predicted octanol–water partition coefficient (Wildman–Crippen LogP) is 4.20. The van der Waals surface area contributed by atoms with Crippen LogP contribution in [0.3, 0.4) is 0 Å². The van der Waals surface area contributed by atoms with Gasteiger partial charge in [-0.25, -0.2) is 4.98 Å². The van der Waals surface area contributed by atoms with Gasteiger partial charge in [0.05, 0.1) is 11.8 Å². The van der Waals surface area contributed by atoms with E-state index in [9.17, 15) is 20.3 Å². The van der Waals surface area contributed by atoms with Crippen molar-refractivity contribution in [3.8, 4) is 28.8 Å². The van der Waals surface area contributed by atoms with Crippen molar-refractivity contribution in [2.75, 3.05) is 5.32 Å². The first kappa shape index (κ1) is 18.7. The van der Waals surface area contributed by atoms with Crippen LogP contribution in [-0.4, -0.2) is 21.1 Å². The minimum absolute atomic E-state index is 0.0999. The molecule has 0 aliphatic rings. The molecular weight excluding hydrogens is 386 g/mol. The largest absolute Gasteiger partial charge is 0.504 e. The normalized spacial score (nSPS) is 11.6. The van der Waals surface area contributed by atoms with Crippen molar-refractivity contribution in [1.29, 1.82) is 5.26 Å². The first-order chi connectivity index (χ1) is 13.0. The summed E-state index contributed by atoms with van der Waals surface area (Å²) in [5.41, 5.74) is 2.07. The summed E-state index contributed by atoms with van der Waals surface area (Å²) in [5.74, 6) is -2.01. The van der Waals surface area contributed by atoms with Crippen molar-refractivity contribution in [2.45, 2.75) is 6.42 Å². The Morgan fingerprint density at radius 2 is 2.07 bits per heavy atom. The molecule has 3 aromatic rings. The average Bonchev–Trinajstić information content (AvgIpc) is 3.11. The van der Waals surface area contributed by atoms with Crippen molar-refractivity contribution < 1.29 is 15.0 Å². The number of phenolic OH excluding ortho intramolecular Hbond substituents is 2. The van der Waals surface area contributed by atoms with Gasteiger partial charge in [0.2, 0.25) is 5.91 Å². The third-order valence-corrected chi connectivity index (χ3v) is 4.80. The summed E-state index contributed by atoms with van der Waals surface area (Å²) in [6.07, 6.45) is 0.0999. The van der Waals surface area contributed by atoms with Crippen LogP contribution in [0.15, 0.2) is 47.8 Å². The summed E-state index contributed by atoms with van der Waals surface area (Å²) in [6.45, 7) is 0. The molecule has 0 bridgehead atoms. The Morgan fingerprint density at radius 3 is 2.78 bits per heavy atom. The molecule has 0 saturated carbocycles. The fourth-order valence-electron chi connectivity index (χ4n) is 2.43. The van der Waals surface area contributed by atoms with Gasteiger partial charge in [-0.3, -0.25) is 4.79 Å². The summed E-state index contributed by atoms with van der Waals surface area (Å²) in [4.78, 5) is 16.8. The van der Waals surface area contributed by atoms with E-state index in [1.165, 1.54) is 23.5 Å². The summed E-state index contributed by atoms with van der Waals surface area (Å²) in [6, 6.07) is 13.4. The molecular formula is C19H14ClN3O3S. The number of nitrogens with zero attached hydrogens (tertiary/aromatic N) is 2. The number of anilines is 1. The standard InChI is InChI=1S/C19H14ClN3O3S/c20-14-3-1-2-12(8-14)15-10-27-19(22-15)23-18(26)13(9-21)6-11-4-5-16(24)17(25)7-11/h1-5,7-8,10,13,24-25H,6H2,(H,22,23,26). The number of hydrogen-bond acceptors (Lipinski definition) is 6. The zero-order valence-corrected chi connectivity index (χ0v) is 15.5. The molecule has 1 atom stereocenters. The molecule has 1 amide bonds. The quantitative estimate of drug-likeness (QED) is 0.557. The van der Waals surface area contributed by atoms with Crippen LogP contribution in [0.2, 0.25) is 5.02 Å². The summed E-state index contributed by atoms with van der Waals surface area (Å²) in [5, 5.41) is 33.6. The lowest BCUT2D eigenvalue weighted by molar-refractivity contribution is -0.118. The van der Waals surface area contributed by atoms with E-state index in [0.29, 0.717) is 21.4 Å². The van der Waals surface area contributed by atoms with Crippen molar-refractivity contribution in [2.24, 2.45) is 5.92 Å². The zero-order chi connectivity index (χ0) is 19.4. The Labute approximate surface area is 164 Å². The number of carbonyl (C=O) groups excluding carboxylic acids is 1. The number of nitrogens with one attached hydrogen (secondary N) is 1. The monoisotopic (exact) mass is 399 g/mol. The highest BCUT2D eigenvalue weighted by Gasteiger charge is 2.20. The number of halogens is 1. The van der Waals surface area contributed by atoms with Crippen LogP contribution < -0.4 is 5.32 Å². The van der Waals surface area contributed by atoms with Gasteiger partial charge in [-0.05, 0) is 36.2 Å². The van der Waals surface area contributed by atoms with Gasteiger partial charge in [0.15, 0.2) is 16.6 Å². The number of benzene rings is 2. The van der Waals surface area contributed by atoms with E-state index in [-0.39, 0.29) is 17.9 Å². The maximum absolute atomic E-state index is 12.4. The Bertz CT molecular complexity index is 1030. The van der Waals surface area contributed by atoms with Crippen molar-refractivity contribution in [3.63, 3.8) is 0 Å². The molecule has 6 nitrogen and oxygen atoms in total. The average molecular weight is 400 g/mol. The molecule has 3 rings (SSSR count). The molecule has 0 radical (unpaired) electrons. The van der Waals surface area contributed by atoms with E-state index in [0.717, 1.165) is 5.56 Å². The highest BCUT2D eigenvalue weighted by atomic mass is 35.5. The number of phenols is 2. The van der Waals surface area contributed by atoms with Crippen LogP contribution in [0.1, 0.15) is 5.56 Å². The van der Waals surface area contributed by atoms with Gasteiger partial charge >= 0.3 is 0 Å². The first-order valence-electron chi connectivity index (χ1n) is 7.89. The Hall–Kier alpha value is -3.08. The van der Waals surface area contributed by atoms with E-state index in [1.54, 1.807) is 23.6 Å². The minimum atomic E-state index is -0.965. The third kappa shape index (κ3) is 4.56. The highest BCUT2D eigenvalue weighted by Crippen LogP contribution is 2.28. The lowest BCUT2D eigenvalue weighted by Crippen LogP contribution is -2.23. The van der Waals surface area contributed by atoms with Crippen molar-refractivity contribution >= 4 is 34.0 Å². The maximum atomic E-state index is 12.4. The number of carbonyl (C=O) groups is 1. The van der Waals surface area contributed by atoms with Crippen molar-refractivity contribution in [3.05, 3.63) is 58.4 Å². The van der Waals surface area contributed by atoms with Gasteiger partial charge in [-0.1, -0.05) is 29.8 Å². The van der Waals surface area contributed by atoms with Gasteiger partial charge < -0.3 is 15.5 Å². The number of aromatic hydroxyl groups is 2. The lowest BCUT2D eigenvalue weighted by atomic mass is 9.99. The van der Waals surface area contributed by atoms with Crippen LogP contribution in [0.25, 0.3) is 11.3 Å². The SMILES string of the molecule is N#CC(Cc1ccc(O)c(O)c1)C(=O)Nc1nc(-c2cccc(Cl)c2)cs1. The fraction of sp³-hybridized carbons (Fsp3) is 0.105. The third-order valence-electron chi connectivity index (χ3n) is 3.81. The number of aromatic nitrogens is 1. The molecule has 0 spiro atoms. The fourth-order valence-corrected chi connectivity index (χ4v) is 3.35. The molecule has 8 heteroatoms. The second-order valence-corrected chi connectivity index (χ2v) is 7.04. The lowest BCUT2D eigenvalue weighted by Gasteiger charge is -2.09. The molecule has 1 heterocycles. The predicted molar refractivity (Wildman–Crippen MR) is 104 cm³/mol. The van der Waals surface area contributed by atoms with Crippen molar-refractivity contribution in [1.82, 2.24) is 4.98 Å². The molecule has 136 valence electrons. The Kier molecular flexibility index (Phi) is 5.60. The molecule has 1 unspecified atom stereocenters. The smallest absolute Gasteiger partial charge is 0.243 e. The molecule has 0 saturated heterocycles. The molecule has 0 aliphatic carbocycles. The Morgan fingerprint density at radius 1 is 1.26 bits per heavy atom. The van der Waals surface area contributed by atoms with E-state index < -0.39 is 11.8 Å². The zero-order valence-electron chi connectivity index (χ0n) is 13.9. The van der Waals surface area contributed by atoms with Crippen LogP contribution in [-0.2, 0) is 11.2 Å². The second-order valence-electron chi connectivity index (χ2n) is 5.75. The van der Waals surface area contributed by atoms with Crippen LogP contribution >= 0.6 is 22.9 Å². The van der Waals surface area contributed by atoms with Crippen LogP contribution in [0.4, 0.5) is 5.13 Å². The number of amides is 1. The summed E-state index contributed by atoms with van der Waals surface area (Å²) in [7, 11) is 0. The first-order valence-corrected chi connectivity index (χ1v) is 9.15. The van der Waals surface area contributed by atoms with E-state index in [4.69, 9.17) is 11.6 Å². The molecule has 0 aliphatic heterocycles. The topological polar surface area (TPSA) is 106 Å². The second kappa shape index (κ2) is 8.08. The van der Waals surface area contributed by atoms with Crippen LogP contribution in [0.5, 0.6) is 11.5 Å². The molecule has 1 aromatic heterocycles. The number of thiazole rings is 1. The van der Waals surface area contributed by atoms with Gasteiger partial charge in [-0.2, -0.15) is 5.26 Å². The molecule has 3 N–H and O–H groups in total. The van der Waals surface area contributed by atoms with Crippen LogP contribution in [0, 0.1) is 17.2 Å². The molecule has 2 aromatic carbocycles. The van der Waals surface area contributed by atoms with E-state index in [2.05, 4.69) is 10.3 Å². The molecule has 0 fully saturated rings. The number of nitriles is 1.